The first-order chi connectivity index (χ1) is 14.8. The Bertz CT molecular complexity index is 1210. The van der Waals surface area contributed by atoms with E-state index in [1.807, 2.05) is 0 Å². The zero-order chi connectivity index (χ0) is 22.4. The summed E-state index contributed by atoms with van der Waals surface area (Å²) in [5.41, 5.74) is 2.85. The van der Waals surface area contributed by atoms with E-state index in [2.05, 4.69) is 10.5 Å². The number of nitrogens with one attached hydrogen (secondary N) is 1. The van der Waals surface area contributed by atoms with Gasteiger partial charge >= 0.3 is 0 Å². The topological polar surface area (TPSA) is 78.8 Å². The van der Waals surface area contributed by atoms with Crippen molar-refractivity contribution in [2.75, 3.05) is 10.8 Å². The Balaban J connectivity index is 1.87. The Hall–Kier alpha value is -3.59. The van der Waals surface area contributed by atoms with Crippen LogP contribution in [0.2, 0.25) is 0 Å². The van der Waals surface area contributed by atoms with E-state index >= 15 is 0 Å². The highest BCUT2D eigenvalue weighted by atomic mass is 32.2. The number of para-hydroxylation sites is 1. The normalized spacial score (nSPS) is 11.5. The van der Waals surface area contributed by atoms with Crippen LogP contribution in [0.15, 0.2) is 82.8 Å². The highest BCUT2D eigenvalue weighted by Crippen LogP contribution is 2.26. The number of hydrogen-bond acceptors (Lipinski definition) is 4. The molecule has 3 aromatic rings. The minimum atomic E-state index is -4.25. The third-order valence-corrected chi connectivity index (χ3v) is 6.09. The summed E-state index contributed by atoms with van der Waals surface area (Å²) in [6.07, 6.45) is 1.09. The van der Waals surface area contributed by atoms with Gasteiger partial charge in [0, 0.05) is 5.56 Å². The van der Waals surface area contributed by atoms with Crippen LogP contribution in [0.3, 0.4) is 0 Å². The molecule has 0 spiro atoms. The van der Waals surface area contributed by atoms with Gasteiger partial charge in [-0.15, -0.1) is 0 Å². The number of benzene rings is 3. The van der Waals surface area contributed by atoms with Gasteiger partial charge in [0.05, 0.1) is 16.8 Å². The number of nitrogens with zero attached hydrogens (tertiary/aromatic N) is 2. The summed E-state index contributed by atoms with van der Waals surface area (Å²) in [7, 11) is -4.25. The highest BCUT2D eigenvalue weighted by molar-refractivity contribution is 7.92. The van der Waals surface area contributed by atoms with Crippen molar-refractivity contribution in [2.24, 2.45) is 5.10 Å². The predicted molar refractivity (Wildman–Crippen MR) is 114 cm³/mol. The molecule has 31 heavy (non-hydrogen) atoms. The molecule has 0 saturated heterocycles. The average Bonchev–Trinajstić information content (AvgIpc) is 2.74. The highest BCUT2D eigenvalue weighted by Gasteiger charge is 2.29. The number of sulfonamides is 1. The molecule has 0 atom stereocenters. The van der Waals surface area contributed by atoms with E-state index in [1.54, 1.807) is 25.1 Å². The first kappa shape index (κ1) is 22.1. The van der Waals surface area contributed by atoms with Crippen molar-refractivity contribution in [2.45, 2.75) is 11.8 Å². The molecule has 0 unspecified atom stereocenters. The van der Waals surface area contributed by atoms with Gasteiger partial charge in [-0.1, -0.05) is 48.0 Å². The second-order valence-electron chi connectivity index (χ2n) is 6.59. The first-order valence-corrected chi connectivity index (χ1v) is 10.6. The van der Waals surface area contributed by atoms with Crippen LogP contribution in [0.5, 0.6) is 0 Å². The Morgan fingerprint density at radius 2 is 1.58 bits per heavy atom. The standard InChI is InChI=1S/C22H19F2N3O3S/c1-16-10-12-18(13-11-16)31(29,30)27(21-9-5-4-8-20(21)24)15-22(28)26-25-14-17-6-2-3-7-19(17)23/h2-14H,15H2,1H3,(H,26,28)/b25-14+. The third-order valence-electron chi connectivity index (χ3n) is 4.32. The van der Waals surface area contributed by atoms with Crippen LogP contribution in [0.4, 0.5) is 14.5 Å². The molecule has 3 rings (SSSR count). The quantitative estimate of drug-likeness (QED) is 0.448. The number of hydrogen-bond donors (Lipinski definition) is 1. The van der Waals surface area contributed by atoms with Crippen molar-refractivity contribution in [1.82, 2.24) is 5.43 Å². The molecule has 0 aromatic heterocycles. The third kappa shape index (κ3) is 5.32. The zero-order valence-corrected chi connectivity index (χ0v) is 17.3. The number of carbonyl (C=O) groups is 1. The molecule has 6 nitrogen and oxygen atoms in total. The van der Waals surface area contributed by atoms with Gasteiger partial charge in [-0.05, 0) is 37.3 Å². The van der Waals surface area contributed by atoms with Gasteiger partial charge in [-0.25, -0.2) is 22.6 Å². The van der Waals surface area contributed by atoms with Crippen molar-refractivity contribution in [1.29, 1.82) is 0 Å². The summed E-state index contributed by atoms with van der Waals surface area (Å²) in [5, 5.41) is 3.66. The number of anilines is 1. The lowest BCUT2D eigenvalue weighted by Crippen LogP contribution is -2.40. The van der Waals surface area contributed by atoms with Crippen LogP contribution in [0.1, 0.15) is 11.1 Å². The van der Waals surface area contributed by atoms with Crippen molar-refractivity contribution in [3.8, 4) is 0 Å². The molecule has 0 heterocycles. The minimum absolute atomic E-state index is 0.0935. The smallest absolute Gasteiger partial charge is 0.264 e. The summed E-state index contributed by atoms with van der Waals surface area (Å²) in [4.78, 5) is 12.3. The fraction of sp³-hybridized carbons (Fsp3) is 0.0909. The molecular weight excluding hydrogens is 424 g/mol. The number of aryl methyl sites for hydroxylation is 1. The van der Waals surface area contributed by atoms with Crippen molar-refractivity contribution >= 4 is 27.8 Å². The van der Waals surface area contributed by atoms with Crippen LogP contribution < -0.4 is 9.73 Å². The number of rotatable bonds is 7. The molecule has 0 aliphatic heterocycles. The molecule has 0 aliphatic carbocycles. The molecule has 160 valence electrons. The molecule has 0 saturated carbocycles. The van der Waals surface area contributed by atoms with E-state index in [0.717, 1.165) is 17.8 Å². The maximum absolute atomic E-state index is 14.4. The Morgan fingerprint density at radius 3 is 2.23 bits per heavy atom. The maximum Gasteiger partial charge on any atom is 0.264 e. The Kier molecular flexibility index (Phi) is 6.76. The second-order valence-corrected chi connectivity index (χ2v) is 8.45. The van der Waals surface area contributed by atoms with Gasteiger partial charge < -0.3 is 0 Å². The second kappa shape index (κ2) is 9.48. The molecular formula is C22H19F2N3O3S. The van der Waals surface area contributed by atoms with E-state index in [1.165, 1.54) is 48.5 Å². The summed E-state index contributed by atoms with van der Waals surface area (Å²) in [6.45, 7) is 1.07. The SMILES string of the molecule is Cc1ccc(S(=O)(=O)N(CC(=O)N/N=C/c2ccccc2F)c2ccccc2F)cc1. The molecule has 9 heteroatoms. The van der Waals surface area contributed by atoms with Crippen LogP contribution in [0.25, 0.3) is 0 Å². The van der Waals surface area contributed by atoms with E-state index in [0.29, 0.717) is 4.31 Å². The summed E-state index contributed by atoms with van der Waals surface area (Å²) >= 11 is 0. The zero-order valence-electron chi connectivity index (χ0n) is 16.5. The van der Waals surface area contributed by atoms with E-state index < -0.39 is 34.1 Å². The average molecular weight is 443 g/mol. The monoisotopic (exact) mass is 443 g/mol. The van der Waals surface area contributed by atoms with Gasteiger partial charge in [0.1, 0.15) is 18.2 Å². The number of halogens is 2. The fourth-order valence-electron chi connectivity index (χ4n) is 2.71. The van der Waals surface area contributed by atoms with Gasteiger partial charge in [0.15, 0.2) is 0 Å². The van der Waals surface area contributed by atoms with Gasteiger partial charge in [-0.3, -0.25) is 9.10 Å². The number of hydrazone groups is 1. The number of amides is 1. The molecule has 0 fully saturated rings. The van der Waals surface area contributed by atoms with Crippen LogP contribution in [-0.4, -0.2) is 27.1 Å². The van der Waals surface area contributed by atoms with Crippen LogP contribution in [-0.2, 0) is 14.8 Å². The lowest BCUT2D eigenvalue weighted by molar-refractivity contribution is -0.119. The maximum atomic E-state index is 14.4. The summed E-state index contributed by atoms with van der Waals surface area (Å²) < 4.78 is 55.0. The first-order valence-electron chi connectivity index (χ1n) is 9.19. The Labute approximate surface area is 178 Å². The summed E-state index contributed by atoms with van der Waals surface area (Å²) in [5.74, 6) is -2.16. The fourth-order valence-corrected chi connectivity index (χ4v) is 4.14. The Morgan fingerprint density at radius 1 is 0.968 bits per heavy atom. The summed E-state index contributed by atoms with van der Waals surface area (Å²) in [6, 6.07) is 17.0. The lowest BCUT2D eigenvalue weighted by Gasteiger charge is -2.24. The van der Waals surface area contributed by atoms with Crippen molar-refractivity contribution in [3.05, 3.63) is 95.6 Å². The van der Waals surface area contributed by atoms with Gasteiger partial charge in [-0.2, -0.15) is 5.10 Å². The number of carbonyl (C=O) groups excluding carboxylic acids is 1. The van der Waals surface area contributed by atoms with Crippen molar-refractivity contribution in [3.63, 3.8) is 0 Å². The van der Waals surface area contributed by atoms with E-state index in [9.17, 15) is 22.0 Å². The predicted octanol–water partition coefficient (Wildman–Crippen LogP) is 3.62. The molecule has 1 amide bonds. The van der Waals surface area contributed by atoms with E-state index in [4.69, 9.17) is 0 Å². The van der Waals surface area contributed by atoms with E-state index in [-0.39, 0.29) is 16.1 Å². The molecule has 0 radical (unpaired) electrons. The van der Waals surface area contributed by atoms with Crippen LogP contribution >= 0.6 is 0 Å². The lowest BCUT2D eigenvalue weighted by atomic mass is 10.2. The van der Waals surface area contributed by atoms with Gasteiger partial charge in [0.2, 0.25) is 0 Å². The molecule has 3 aromatic carbocycles. The molecule has 1 N–H and O–H groups in total. The van der Waals surface area contributed by atoms with Crippen molar-refractivity contribution < 1.29 is 22.0 Å². The molecule has 0 aliphatic rings. The van der Waals surface area contributed by atoms with Gasteiger partial charge in [0.25, 0.3) is 15.9 Å². The minimum Gasteiger partial charge on any atom is -0.271 e. The van der Waals surface area contributed by atoms with Crippen LogP contribution in [0, 0.1) is 18.6 Å². The largest absolute Gasteiger partial charge is 0.271 e. The molecule has 0 bridgehead atoms.